The quantitative estimate of drug-likeness (QED) is 0.832. The highest BCUT2D eigenvalue weighted by Gasteiger charge is 2.17. The highest BCUT2D eigenvalue weighted by molar-refractivity contribution is 6.39. The van der Waals surface area contributed by atoms with Gasteiger partial charge >= 0.3 is 0 Å². The van der Waals surface area contributed by atoms with Crippen LogP contribution in [0.2, 0.25) is 0 Å². The van der Waals surface area contributed by atoms with Crippen molar-refractivity contribution < 1.29 is 14.3 Å². The fraction of sp³-hybridized carbons (Fsp3) is 0.308. The lowest BCUT2D eigenvalue weighted by Crippen LogP contribution is -2.36. The Hall–Kier alpha value is -2.37. The molecule has 2 N–H and O–H groups in total. The maximum atomic E-state index is 11.8. The van der Waals surface area contributed by atoms with Gasteiger partial charge in [-0.2, -0.15) is 5.10 Å². The summed E-state index contributed by atoms with van der Waals surface area (Å²) in [5.74, 6) is 0.358. The van der Waals surface area contributed by atoms with Crippen LogP contribution in [0, 0.1) is 0 Å². The zero-order chi connectivity index (χ0) is 13.7. The first-order valence-corrected chi connectivity index (χ1v) is 5.95. The highest BCUT2D eigenvalue weighted by Crippen LogP contribution is 2.11. The predicted molar refractivity (Wildman–Crippen MR) is 69.7 cm³/mol. The fourth-order valence-electron chi connectivity index (χ4n) is 1.67. The molecule has 100 valence electrons. The topological polar surface area (TPSA) is 79.8 Å². The number of rotatable bonds is 4. The van der Waals surface area contributed by atoms with Crippen LogP contribution < -0.4 is 15.5 Å². The van der Waals surface area contributed by atoms with Crippen LogP contribution in [-0.2, 0) is 16.1 Å². The van der Waals surface area contributed by atoms with E-state index in [9.17, 15) is 9.59 Å². The lowest BCUT2D eigenvalue weighted by atomic mass is 10.1. The minimum absolute atomic E-state index is 0.160. The van der Waals surface area contributed by atoms with Gasteiger partial charge in [-0.1, -0.05) is 12.1 Å². The van der Waals surface area contributed by atoms with Crippen molar-refractivity contribution in [3.05, 3.63) is 29.8 Å². The molecule has 0 atom stereocenters. The van der Waals surface area contributed by atoms with E-state index < -0.39 is 0 Å². The van der Waals surface area contributed by atoms with Crippen molar-refractivity contribution in [1.29, 1.82) is 0 Å². The van der Waals surface area contributed by atoms with Gasteiger partial charge in [-0.3, -0.25) is 9.59 Å². The van der Waals surface area contributed by atoms with Crippen molar-refractivity contribution in [3.63, 3.8) is 0 Å². The number of carbonyl (C=O) groups is 2. The molecule has 6 nitrogen and oxygen atoms in total. The van der Waals surface area contributed by atoms with Crippen molar-refractivity contribution >= 4 is 17.5 Å². The minimum atomic E-state index is -0.254. The van der Waals surface area contributed by atoms with Gasteiger partial charge in [0.25, 0.3) is 5.91 Å². The number of benzene rings is 1. The molecule has 0 aliphatic carbocycles. The zero-order valence-corrected chi connectivity index (χ0v) is 10.6. The minimum Gasteiger partial charge on any atom is -0.497 e. The molecule has 19 heavy (non-hydrogen) atoms. The number of methoxy groups -OCH3 is 1. The maximum absolute atomic E-state index is 11.8. The number of carbonyl (C=O) groups excluding carboxylic acids is 2. The molecule has 0 spiro atoms. The lowest BCUT2D eigenvalue weighted by Gasteiger charge is -2.12. The molecule has 6 heteroatoms. The van der Waals surface area contributed by atoms with Crippen molar-refractivity contribution in [2.75, 3.05) is 7.11 Å². The molecular formula is C13H15N3O3. The van der Waals surface area contributed by atoms with Gasteiger partial charge in [0.05, 0.1) is 7.11 Å². The molecule has 1 aromatic carbocycles. The average molecular weight is 261 g/mol. The monoisotopic (exact) mass is 261 g/mol. The second-order valence-electron chi connectivity index (χ2n) is 4.12. The molecule has 0 saturated heterocycles. The van der Waals surface area contributed by atoms with Crippen LogP contribution in [0.4, 0.5) is 0 Å². The number of amides is 2. The molecule has 1 aliphatic heterocycles. The van der Waals surface area contributed by atoms with Crippen molar-refractivity contribution in [3.8, 4) is 5.75 Å². The molecule has 0 aromatic heterocycles. The third-order valence-corrected chi connectivity index (χ3v) is 2.78. The standard InChI is InChI=1S/C13H15N3O3/c1-19-10-4-2-9(3-5-10)8-14-13(18)11-6-7-12(17)16-15-11/h2-5H,6-8H2,1H3,(H,14,18)(H,16,17). The number of nitrogens with zero attached hydrogens (tertiary/aromatic N) is 1. The molecule has 0 bridgehead atoms. The molecule has 2 rings (SSSR count). The molecule has 0 radical (unpaired) electrons. The van der Waals surface area contributed by atoms with Crippen LogP contribution in [0.15, 0.2) is 29.4 Å². The molecule has 0 saturated carbocycles. The summed E-state index contributed by atoms with van der Waals surface area (Å²) >= 11 is 0. The Labute approximate surface area is 110 Å². The van der Waals surface area contributed by atoms with E-state index >= 15 is 0 Å². The number of ether oxygens (including phenoxy) is 1. The first-order chi connectivity index (χ1) is 9.19. The molecule has 2 amide bonds. The largest absolute Gasteiger partial charge is 0.497 e. The SMILES string of the molecule is COc1ccc(CNC(=O)C2=NNC(=O)CC2)cc1. The fourth-order valence-corrected chi connectivity index (χ4v) is 1.67. The predicted octanol–water partition coefficient (Wildman–Crippen LogP) is 0.577. The van der Waals surface area contributed by atoms with Crippen molar-refractivity contribution in [2.24, 2.45) is 5.10 Å². The van der Waals surface area contributed by atoms with Gasteiger partial charge in [-0.05, 0) is 17.7 Å². The highest BCUT2D eigenvalue weighted by atomic mass is 16.5. The van der Waals surface area contributed by atoms with Crippen LogP contribution in [0.25, 0.3) is 0 Å². The van der Waals surface area contributed by atoms with Gasteiger partial charge in [-0.15, -0.1) is 0 Å². The average Bonchev–Trinajstić information content (AvgIpc) is 2.46. The van der Waals surface area contributed by atoms with E-state index in [2.05, 4.69) is 15.8 Å². The Balaban J connectivity index is 1.87. The van der Waals surface area contributed by atoms with E-state index in [1.165, 1.54) is 0 Å². The summed E-state index contributed by atoms with van der Waals surface area (Å²) in [6, 6.07) is 7.42. The third kappa shape index (κ3) is 3.54. The first kappa shape index (κ1) is 13.1. The van der Waals surface area contributed by atoms with Gasteiger partial charge in [0.2, 0.25) is 5.91 Å². The number of nitrogens with one attached hydrogen (secondary N) is 2. The van der Waals surface area contributed by atoms with Crippen LogP contribution in [-0.4, -0.2) is 24.6 Å². The Morgan fingerprint density at radius 2 is 2.11 bits per heavy atom. The van der Waals surface area contributed by atoms with Gasteiger partial charge in [0.1, 0.15) is 11.5 Å². The van der Waals surface area contributed by atoms with Gasteiger partial charge in [0, 0.05) is 19.4 Å². The van der Waals surface area contributed by atoms with E-state index in [0.717, 1.165) is 11.3 Å². The summed E-state index contributed by atoms with van der Waals surface area (Å²) in [6.45, 7) is 0.412. The van der Waals surface area contributed by atoms with Gasteiger partial charge < -0.3 is 10.1 Å². The van der Waals surface area contributed by atoms with Gasteiger partial charge in [0.15, 0.2) is 0 Å². The van der Waals surface area contributed by atoms with Crippen LogP contribution in [0.3, 0.4) is 0 Å². The van der Waals surface area contributed by atoms with Crippen molar-refractivity contribution in [1.82, 2.24) is 10.7 Å². The Morgan fingerprint density at radius 1 is 1.37 bits per heavy atom. The number of hydrogen-bond donors (Lipinski definition) is 2. The molecular weight excluding hydrogens is 246 g/mol. The second kappa shape index (κ2) is 5.99. The summed E-state index contributed by atoms with van der Waals surface area (Å²) in [4.78, 5) is 22.7. The Bertz CT molecular complexity index is 508. The summed E-state index contributed by atoms with van der Waals surface area (Å²) in [5, 5.41) is 6.49. The third-order valence-electron chi connectivity index (χ3n) is 2.78. The van der Waals surface area contributed by atoms with E-state index in [-0.39, 0.29) is 11.8 Å². The van der Waals surface area contributed by atoms with Gasteiger partial charge in [-0.25, -0.2) is 5.43 Å². The Morgan fingerprint density at radius 3 is 2.68 bits per heavy atom. The molecule has 0 unspecified atom stereocenters. The molecule has 0 fully saturated rings. The number of hydrazone groups is 1. The summed E-state index contributed by atoms with van der Waals surface area (Å²) in [7, 11) is 1.60. The molecule has 1 aliphatic rings. The number of hydrogen-bond acceptors (Lipinski definition) is 4. The normalized spacial score (nSPS) is 14.4. The zero-order valence-electron chi connectivity index (χ0n) is 10.6. The summed E-state index contributed by atoms with van der Waals surface area (Å²) in [6.07, 6.45) is 0.676. The molecule has 1 aromatic rings. The van der Waals surface area contributed by atoms with E-state index in [1.54, 1.807) is 7.11 Å². The van der Waals surface area contributed by atoms with E-state index in [1.807, 2.05) is 24.3 Å². The first-order valence-electron chi connectivity index (χ1n) is 5.95. The maximum Gasteiger partial charge on any atom is 0.267 e. The smallest absolute Gasteiger partial charge is 0.267 e. The second-order valence-corrected chi connectivity index (χ2v) is 4.12. The van der Waals surface area contributed by atoms with Crippen molar-refractivity contribution in [2.45, 2.75) is 19.4 Å². The Kier molecular flexibility index (Phi) is 4.12. The van der Waals surface area contributed by atoms with Crippen LogP contribution in [0.1, 0.15) is 18.4 Å². The van der Waals surface area contributed by atoms with E-state index in [4.69, 9.17) is 4.74 Å². The molecule has 1 heterocycles. The summed E-state index contributed by atoms with van der Waals surface area (Å²) < 4.78 is 5.05. The van der Waals surface area contributed by atoms with E-state index in [0.29, 0.717) is 25.1 Å². The van der Waals surface area contributed by atoms with Crippen LogP contribution >= 0.6 is 0 Å². The summed E-state index contributed by atoms with van der Waals surface area (Å²) in [5.41, 5.74) is 3.62. The lowest BCUT2D eigenvalue weighted by molar-refractivity contribution is -0.121. The van der Waals surface area contributed by atoms with Crippen LogP contribution in [0.5, 0.6) is 5.75 Å².